The van der Waals surface area contributed by atoms with E-state index >= 15 is 0 Å². The fraction of sp³-hybridized carbons (Fsp3) is 0.250. The molecule has 0 saturated carbocycles. The van der Waals surface area contributed by atoms with Crippen LogP contribution >= 0.6 is 11.6 Å². The number of nitrogens with zero attached hydrogens (tertiary/aromatic N) is 3. The van der Waals surface area contributed by atoms with Crippen LogP contribution in [0.1, 0.15) is 17.5 Å². The van der Waals surface area contributed by atoms with Crippen molar-refractivity contribution in [3.8, 4) is 11.1 Å². The van der Waals surface area contributed by atoms with E-state index in [4.69, 9.17) is 11.6 Å². The van der Waals surface area contributed by atoms with Crippen molar-refractivity contribution in [2.75, 3.05) is 6.54 Å². The number of aliphatic hydroxyl groups is 1. The molecule has 1 aromatic carbocycles. The van der Waals surface area contributed by atoms with Gasteiger partial charge in [0.2, 0.25) is 5.28 Å². The summed E-state index contributed by atoms with van der Waals surface area (Å²) in [7, 11) is 0. The van der Waals surface area contributed by atoms with Crippen LogP contribution in [0.5, 0.6) is 0 Å². The standard InChI is InChI=1S/C16H15ClN4O/c1-9-4-2-3-5-10(9)12-11-8-19-16(17)20-14(11)21-7-6-18-15(22)13(12)21/h2-5,8,15,18,22H,6-7H2,1H3. The highest BCUT2D eigenvalue weighted by Crippen LogP contribution is 2.39. The van der Waals surface area contributed by atoms with Gasteiger partial charge in [0.1, 0.15) is 11.9 Å². The van der Waals surface area contributed by atoms with Crippen molar-refractivity contribution >= 4 is 22.6 Å². The number of benzene rings is 1. The Bertz CT molecular complexity index is 874. The zero-order valence-electron chi connectivity index (χ0n) is 12.0. The molecule has 3 aromatic rings. The van der Waals surface area contributed by atoms with E-state index in [9.17, 15) is 5.11 Å². The van der Waals surface area contributed by atoms with Gasteiger partial charge in [-0.25, -0.2) is 4.98 Å². The minimum Gasteiger partial charge on any atom is -0.373 e. The highest BCUT2D eigenvalue weighted by molar-refractivity contribution is 6.28. The number of fused-ring (bicyclic) bond motifs is 3. The molecular formula is C16H15ClN4O. The second-order valence-corrected chi connectivity index (χ2v) is 5.80. The molecule has 1 unspecified atom stereocenters. The van der Waals surface area contributed by atoms with E-state index in [1.54, 1.807) is 6.20 Å². The Morgan fingerprint density at radius 2 is 2.18 bits per heavy atom. The van der Waals surface area contributed by atoms with Crippen LogP contribution < -0.4 is 5.32 Å². The fourth-order valence-corrected chi connectivity index (χ4v) is 3.31. The molecule has 0 radical (unpaired) electrons. The Morgan fingerprint density at radius 1 is 1.36 bits per heavy atom. The zero-order chi connectivity index (χ0) is 15.3. The van der Waals surface area contributed by atoms with Crippen LogP contribution in [-0.4, -0.2) is 26.2 Å². The van der Waals surface area contributed by atoms with Crippen molar-refractivity contribution in [2.24, 2.45) is 0 Å². The summed E-state index contributed by atoms with van der Waals surface area (Å²) in [6, 6.07) is 8.12. The van der Waals surface area contributed by atoms with Gasteiger partial charge in [0.05, 0.1) is 5.69 Å². The van der Waals surface area contributed by atoms with Crippen molar-refractivity contribution < 1.29 is 5.11 Å². The summed E-state index contributed by atoms with van der Waals surface area (Å²) in [6.45, 7) is 3.49. The fourth-order valence-electron chi connectivity index (χ4n) is 3.18. The summed E-state index contributed by atoms with van der Waals surface area (Å²) in [4.78, 5) is 8.51. The average Bonchev–Trinajstić information content (AvgIpc) is 2.83. The highest BCUT2D eigenvalue weighted by Gasteiger charge is 2.28. The predicted molar refractivity (Wildman–Crippen MR) is 85.7 cm³/mol. The topological polar surface area (TPSA) is 63.0 Å². The lowest BCUT2D eigenvalue weighted by Crippen LogP contribution is -2.33. The number of hydrogen-bond donors (Lipinski definition) is 2. The van der Waals surface area contributed by atoms with E-state index in [1.807, 2.05) is 16.7 Å². The van der Waals surface area contributed by atoms with E-state index in [2.05, 4.69) is 34.3 Å². The maximum atomic E-state index is 10.5. The minimum absolute atomic E-state index is 0.220. The van der Waals surface area contributed by atoms with Gasteiger partial charge in [0.15, 0.2) is 0 Å². The van der Waals surface area contributed by atoms with E-state index in [-0.39, 0.29) is 5.28 Å². The van der Waals surface area contributed by atoms with Gasteiger partial charge in [0.25, 0.3) is 0 Å². The van der Waals surface area contributed by atoms with Gasteiger partial charge in [-0.3, -0.25) is 5.32 Å². The summed E-state index contributed by atoms with van der Waals surface area (Å²) in [6.07, 6.45) is 1.01. The van der Waals surface area contributed by atoms with Gasteiger partial charge in [0, 0.05) is 30.2 Å². The van der Waals surface area contributed by atoms with E-state index in [0.29, 0.717) is 6.54 Å². The number of nitrogens with one attached hydrogen (secondary N) is 1. The second-order valence-electron chi connectivity index (χ2n) is 5.46. The van der Waals surface area contributed by atoms with Crippen LogP contribution in [0.15, 0.2) is 30.5 Å². The van der Waals surface area contributed by atoms with Crippen LogP contribution in [0.3, 0.4) is 0 Å². The molecule has 5 nitrogen and oxygen atoms in total. The van der Waals surface area contributed by atoms with Crippen molar-refractivity contribution in [1.82, 2.24) is 19.9 Å². The first-order valence-electron chi connectivity index (χ1n) is 7.19. The Morgan fingerprint density at radius 3 is 3.00 bits per heavy atom. The van der Waals surface area contributed by atoms with Crippen LogP contribution in [0.2, 0.25) is 5.28 Å². The molecule has 2 N–H and O–H groups in total. The number of hydrogen-bond acceptors (Lipinski definition) is 4. The monoisotopic (exact) mass is 314 g/mol. The SMILES string of the molecule is Cc1ccccc1-c1c2n(c3nc(Cl)ncc13)CCNC2O. The summed E-state index contributed by atoms with van der Waals surface area (Å²) in [5, 5.41) is 14.7. The third-order valence-electron chi connectivity index (χ3n) is 4.16. The molecule has 0 amide bonds. The number of aryl methyl sites for hydroxylation is 1. The van der Waals surface area contributed by atoms with Crippen LogP contribution in [0.4, 0.5) is 0 Å². The summed E-state index contributed by atoms with van der Waals surface area (Å²) in [5.74, 6) is 0. The van der Waals surface area contributed by atoms with Crippen LogP contribution in [0.25, 0.3) is 22.2 Å². The maximum absolute atomic E-state index is 10.5. The second kappa shape index (κ2) is 5.05. The molecule has 6 heteroatoms. The minimum atomic E-state index is -0.726. The van der Waals surface area contributed by atoms with E-state index in [1.165, 1.54) is 0 Å². The quantitative estimate of drug-likeness (QED) is 0.678. The molecule has 0 aliphatic carbocycles. The number of halogens is 1. The molecule has 0 saturated heterocycles. The van der Waals surface area contributed by atoms with Gasteiger partial charge in [-0.05, 0) is 29.7 Å². The molecule has 4 rings (SSSR count). The molecule has 1 aliphatic heterocycles. The largest absolute Gasteiger partial charge is 0.373 e. The average molecular weight is 315 g/mol. The first-order valence-corrected chi connectivity index (χ1v) is 7.56. The lowest BCUT2D eigenvalue weighted by atomic mass is 9.98. The maximum Gasteiger partial charge on any atom is 0.224 e. The Labute approximate surface area is 132 Å². The molecule has 2 aromatic heterocycles. The third kappa shape index (κ3) is 1.94. The molecule has 0 fully saturated rings. The van der Waals surface area contributed by atoms with Gasteiger partial charge in [-0.2, -0.15) is 4.98 Å². The molecule has 22 heavy (non-hydrogen) atoms. The van der Waals surface area contributed by atoms with Gasteiger partial charge in [-0.1, -0.05) is 24.3 Å². The lowest BCUT2D eigenvalue weighted by Gasteiger charge is -2.24. The first kappa shape index (κ1) is 13.7. The predicted octanol–water partition coefficient (Wildman–Crippen LogP) is 2.65. The molecule has 0 bridgehead atoms. The summed E-state index contributed by atoms with van der Waals surface area (Å²) in [5.41, 5.74) is 4.80. The number of rotatable bonds is 1. The first-order chi connectivity index (χ1) is 10.7. The van der Waals surface area contributed by atoms with Gasteiger partial charge >= 0.3 is 0 Å². The molecule has 3 heterocycles. The molecule has 1 atom stereocenters. The molecular weight excluding hydrogens is 300 g/mol. The smallest absolute Gasteiger partial charge is 0.224 e. The Kier molecular flexibility index (Phi) is 3.14. The highest BCUT2D eigenvalue weighted by atomic mass is 35.5. The third-order valence-corrected chi connectivity index (χ3v) is 4.34. The normalized spacial score (nSPS) is 17.7. The van der Waals surface area contributed by atoms with Crippen molar-refractivity contribution in [3.63, 3.8) is 0 Å². The number of aromatic nitrogens is 3. The van der Waals surface area contributed by atoms with Crippen molar-refractivity contribution in [2.45, 2.75) is 19.7 Å². The van der Waals surface area contributed by atoms with Crippen molar-refractivity contribution in [3.05, 3.63) is 47.0 Å². The molecule has 0 spiro atoms. The van der Waals surface area contributed by atoms with Gasteiger partial charge in [-0.15, -0.1) is 0 Å². The van der Waals surface area contributed by atoms with Crippen molar-refractivity contribution in [1.29, 1.82) is 0 Å². The number of aliphatic hydroxyl groups excluding tert-OH is 1. The van der Waals surface area contributed by atoms with Crippen LogP contribution in [0, 0.1) is 6.92 Å². The molecule has 112 valence electrons. The van der Waals surface area contributed by atoms with Crippen LogP contribution in [-0.2, 0) is 6.54 Å². The Balaban J connectivity index is 2.14. The molecule has 1 aliphatic rings. The summed E-state index contributed by atoms with van der Waals surface area (Å²) < 4.78 is 2.03. The zero-order valence-corrected chi connectivity index (χ0v) is 12.8. The lowest BCUT2D eigenvalue weighted by molar-refractivity contribution is 0.117. The van der Waals surface area contributed by atoms with Gasteiger partial charge < -0.3 is 9.67 Å². The summed E-state index contributed by atoms with van der Waals surface area (Å²) >= 11 is 5.97. The van der Waals surface area contributed by atoms with E-state index in [0.717, 1.165) is 40.0 Å². The van der Waals surface area contributed by atoms with E-state index < -0.39 is 6.23 Å². The Hall–Kier alpha value is -1.95.